The average molecular weight is 190 g/mol. The van der Waals surface area contributed by atoms with Crippen LogP contribution in [0.4, 0.5) is 0 Å². The van der Waals surface area contributed by atoms with E-state index in [1.54, 1.807) is 12.4 Å². The third-order valence-corrected chi connectivity index (χ3v) is 2.08. The highest BCUT2D eigenvalue weighted by Crippen LogP contribution is 2.24. The maximum atomic E-state index is 10.9. The molecule has 0 aromatic carbocycles. The van der Waals surface area contributed by atoms with Crippen molar-refractivity contribution in [1.82, 2.24) is 9.97 Å². The van der Waals surface area contributed by atoms with Crippen molar-refractivity contribution in [2.24, 2.45) is 0 Å². The number of rotatable bonds is 2. The first-order valence-corrected chi connectivity index (χ1v) is 4.24. The zero-order chi connectivity index (χ0) is 10.1. The van der Waals surface area contributed by atoms with Crippen molar-refractivity contribution in [3.05, 3.63) is 35.9 Å². The van der Waals surface area contributed by atoms with Gasteiger partial charge in [-0.15, -0.1) is 0 Å². The molecular weight excluding hydrogens is 180 g/mol. The van der Waals surface area contributed by atoms with Gasteiger partial charge in [-0.05, 0) is 19.1 Å². The van der Waals surface area contributed by atoms with E-state index in [0.29, 0.717) is 0 Å². The minimum absolute atomic E-state index is 0.238. The first-order chi connectivity index (χ1) is 6.68. The Bertz CT molecular complexity index is 454. The van der Waals surface area contributed by atoms with Crippen LogP contribution >= 0.6 is 0 Å². The summed E-state index contributed by atoms with van der Waals surface area (Å²) in [6.45, 7) is 1.84. The Morgan fingerprint density at radius 2 is 2.29 bits per heavy atom. The number of carboxylic acid groups (broad SMARTS) is 1. The number of aryl methyl sites for hydroxylation is 1. The Morgan fingerprint density at radius 3 is 2.86 bits per heavy atom. The molecular formula is C10H10N2O2. The smallest absolute Gasteiger partial charge is 0.352 e. The normalized spacial score (nSPS) is 10.4. The summed E-state index contributed by atoms with van der Waals surface area (Å²) >= 11 is 0. The number of aromatic nitrogens is 2. The zero-order valence-electron chi connectivity index (χ0n) is 7.66. The van der Waals surface area contributed by atoms with Crippen LogP contribution in [0, 0.1) is 6.92 Å². The fourth-order valence-electron chi connectivity index (χ4n) is 1.48. The Hall–Kier alpha value is -1.97. The molecule has 0 atom stereocenters. The molecule has 3 N–H and O–H groups in total. The minimum Gasteiger partial charge on any atom is -0.477 e. The topological polar surface area (TPSA) is 68.9 Å². The van der Waals surface area contributed by atoms with Gasteiger partial charge in [0, 0.05) is 29.2 Å². The molecule has 0 radical (unpaired) electrons. The van der Waals surface area contributed by atoms with E-state index < -0.39 is 5.97 Å². The van der Waals surface area contributed by atoms with Crippen molar-refractivity contribution < 1.29 is 9.90 Å². The highest BCUT2D eigenvalue weighted by atomic mass is 16.4. The standard InChI is InChI=1S/C10H10N2O2/c1-6-4-8(7-2-3-11-5-7)9(12-6)10(13)14/h2-5,11-12H,1H3,(H,13,14). The van der Waals surface area contributed by atoms with Gasteiger partial charge in [-0.3, -0.25) is 0 Å². The molecule has 0 amide bonds. The number of carbonyl (C=O) groups is 1. The first-order valence-electron chi connectivity index (χ1n) is 4.24. The summed E-state index contributed by atoms with van der Waals surface area (Å²) < 4.78 is 0. The van der Waals surface area contributed by atoms with Crippen LogP contribution in [0.15, 0.2) is 24.5 Å². The van der Waals surface area contributed by atoms with Gasteiger partial charge in [0.15, 0.2) is 0 Å². The van der Waals surface area contributed by atoms with E-state index in [1.807, 2.05) is 19.1 Å². The second-order valence-electron chi connectivity index (χ2n) is 3.15. The van der Waals surface area contributed by atoms with Gasteiger partial charge >= 0.3 is 5.97 Å². The molecule has 72 valence electrons. The summed E-state index contributed by atoms with van der Waals surface area (Å²) in [5.74, 6) is -0.936. The number of nitrogens with one attached hydrogen (secondary N) is 2. The number of aromatic amines is 2. The van der Waals surface area contributed by atoms with Gasteiger partial charge in [0.2, 0.25) is 0 Å². The molecule has 0 saturated heterocycles. The number of hydrogen-bond donors (Lipinski definition) is 3. The van der Waals surface area contributed by atoms with Crippen molar-refractivity contribution in [3.63, 3.8) is 0 Å². The van der Waals surface area contributed by atoms with Crippen LogP contribution in [0.3, 0.4) is 0 Å². The molecule has 0 aliphatic carbocycles. The SMILES string of the molecule is Cc1cc(-c2cc[nH]c2)c(C(=O)O)[nH]1. The molecule has 2 aromatic heterocycles. The van der Waals surface area contributed by atoms with Gasteiger partial charge < -0.3 is 15.1 Å². The van der Waals surface area contributed by atoms with Crippen LogP contribution in [-0.2, 0) is 0 Å². The third-order valence-electron chi connectivity index (χ3n) is 2.08. The molecule has 0 fully saturated rings. The lowest BCUT2D eigenvalue weighted by Crippen LogP contribution is -1.98. The van der Waals surface area contributed by atoms with E-state index in [9.17, 15) is 4.79 Å². The molecule has 0 aliphatic heterocycles. The number of hydrogen-bond acceptors (Lipinski definition) is 1. The van der Waals surface area contributed by atoms with E-state index >= 15 is 0 Å². The first kappa shape index (κ1) is 8.62. The molecule has 4 nitrogen and oxygen atoms in total. The summed E-state index contributed by atoms with van der Waals surface area (Å²) in [7, 11) is 0. The maximum absolute atomic E-state index is 10.9. The zero-order valence-corrected chi connectivity index (χ0v) is 7.66. The van der Waals surface area contributed by atoms with Gasteiger partial charge in [0.05, 0.1) is 0 Å². The summed E-state index contributed by atoms with van der Waals surface area (Å²) in [4.78, 5) is 16.6. The third kappa shape index (κ3) is 1.31. The van der Waals surface area contributed by atoms with Crippen molar-refractivity contribution in [2.75, 3.05) is 0 Å². The van der Waals surface area contributed by atoms with Crippen LogP contribution in [-0.4, -0.2) is 21.0 Å². The Kier molecular flexibility index (Phi) is 1.89. The molecule has 0 aliphatic rings. The molecule has 2 rings (SSSR count). The molecule has 2 heterocycles. The predicted molar refractivity (Wildman–Crippen MR) is 52.3 cm³/mol. The van der Waals surface area contributed by atoms with Crippen LogP contribution in [0.25, 0.3) is 11.1 Å². The maximum Gasteiger partial charge on any atom is 0.352 e. The molecule has 4 heteroatoms. The van der Waals surface area contributed by atoms with Gasteiger partial charge in [-0.2, -0.15) is 0 Å². The second-order valence-corrected chi connectivity index (χ2v) is 3.15. The van der Waals surface area contributed by atoms with E-state index in [-0.39, 0.29) is 5.69 Å². The van der Waals surface area contributed by atoms with Crippen LogP contribution < -0.4 is 0 Å². The molecule has 0 unspecified atom stereocenters. The van der Waals surface area contributed by atoms with Crippen molar-refractivity contribution in [1.29, 1.82) is 0 Å². The largest absolute Gasteiger partial charge is 0.477 e. The van der Waals surface area contributed by atoms with Crippen LogP contribution in [0.2, 0.25) is 0 Å². The minimum atomic E-state index is -0.936. The molecule has 0 bridgehead atoms. The Morgan fingerprint density at radius 1 is 1.50 bits per heavy atom. The van der Waals surface area contributed by atoms with Gasteiger partial charge in [-0.1, -0.05) is 0 Å². The van der Waals surface area contributed by atoms with Crippen molar-refractivity contribution in [3.8, 4) is 11.1 Å². The van der Waals surface area contributed by atoms with Crippen LogP contribution in [0.1, 0.15) is 16.2 Å². The van der Waals surface area contributed by atoms with E-state index in [0.717, 1.165) is 16.8 Å². The number of H-pyrrole nitrogens is 2. The number of carboxylic acids is 1. The summed E-state index contributed by atoms with van der Waals surface area (Å²) in [6.07, 6.45) is 3.54. The van der Waals surface area contributed by atoms with E-state index in [4.69, 9.17) is 5.11 Å². The monoisotopic (exact) mass is 190 g/mol. The van der Waals surface area contributed by atoms with Gasteiger partial charge in [0.1, 0.15) is 5.69 Å². The predicted octanol–water partition coefficient (Wildman–Crippen LogP) is 2.02. The second kappa shape index (κ2) is 3.06. The highest BCUT2D eigenvalue weighted by Gasteiger charge is 2.14. The molecule has 0 spiro atoms. The van der Waals surface area contributed by atoms with Crippen molar-refractivity contribution >= 4 is 5.97 Å². The quantitative estimate of drug-likeness (QED) is 0.678. The van der Waals surface area contributed by atoms with E-state index in [2.05, 4.69) is 9.97 Å². The lowest BCUT2D eigenvalue weighted by Gasteiger charge is -1.94. The summed E-state index contributed by atoms with van der Waals surface area (Å²) in [5, 5.41) is 8.94. The number of aromatic carboxylic acids is 1. The van der Waals surface area contributed by atoms with Crippen LogP contribution in [0.5, 0.6) is 0 Å². The molecule has 2 aromatic rings. The molecule has 14 heavy (non-hydrogen) atoms. The van der Waals surface area contributed by atoms with Crippen molar-refractivity contribution in [2.45, 2.75) is 6.92 Å². The Labute approximate surface area is 80.6 Å². The molecule has 0 saturated carbocycles. The fraction of sp³-hybridized carbons (Fsp3) is 0.100. The van der Waals surface area contributed by atoms with E-state index in [1.165, 1.54) is 0 Å². The summed E-state index contributed by atoms with van der Waals surface area (Å²) in [6, 6.07) is 3.67. The lowest BCUT2D eigenvalue weighted by atomic mass is 10.1. The van der Waals surface area contributed by atoms with Gasteiger partial charge in [0.25, 0.3) is 0 Å². The fourth-order valence-corrected chi connectivity index (χ4v) is 1.48. The highest BCUT2D eigenvalue weighted by molar-refractivity contribution is 5.94. The summed E-state index contributed by atoms with van der Waals surface area (Å²) in [5.41, 5.74) is 2.68. The van der Waals surface area contributed by atoms with Gasteiger partial charge in [-0.25, -0.2) is 4.79 Å². The Balaban J connectivity index is 2.58. The lowest BCUT2D eigenvalue weighted by molar-refractivity contribution is 0.0692. The average Bonchev–Trinajstić information content (AvgIpc) is 2.70.